The Labute approximate surface area is 113 Å². The third kappa shape index (κ3) is 2.98. The highest BCUT2D eigenvalue weighted by Gasteiger charge is 2.39. The van der Waals surface area contributed by atoms with Crippen LogP contribution >= 0.6 is 10.7 Å². The maximum atomic E-state index is 11.4. The van der Waals surface area contributed by atoms with Crippen LogP contribution in [0.15, 0.2) is 24.3 Å². The van der Waals surface area contributed by atoms with Gasteiger partial charge in [-0.1, -0.05) is 25.0 Å². The molecule has 0 amide bonds. The third-order valence-electron chi connectivity index (χ3n) is 3.71. The van der Waals surface area contributed by atoms with E-state index in [-0.39, 0.29) is 11.2 Å². The van der Waals surface area contributed by atoms with Gasteiger partial charge in [0.2, 0.25) is 9.05 Å². The number of halogens is 1. The van der Waals surface area contributed by atoms with Crippen LogP contribution in [0.2, 0.25) is 0 Å². The van der Waals surface area contributed by atoms with Crippen LogP contribution in [-0.2, 0) is 14.5 Å². The number of methoxy groups -OCH3 is 1. The predicted molar refractivity (Wildman–Crippen MR) is 72.8 cm³/mol. The molecule has 0 N–H and O–H groups in total. The summed E-state index contributed by atoms with van der Waals surface area (Å²) < 4.78 is 28.0. The summed E-state index contributed by atoms with van der Waals surface area (Å²) in [4.78, 5) is 0. The lowest BCUT2D eigenvalue weighted by atomic mass is 9.81. The Hall–Kier alpha value is -0.740. The summed E-state index contributed by atoms with van der Waals surface area (Å²) >= 11 is 0. The van der Waals surface area contributed by atoms with Gasteiger partial charge in [-0.15, -0.1) is 0 Å². The fourth-order valence-corrected chi connectivity index (χ4v) is 4.58. The molecule has 0 aliphatic heterocycles. The van der Waals surface area contributed by atoms with E-state index in [9.17, 15) is 8.42 Å². The number of benzene rings is 1. The highest BCUT2D eigenvalue weighted by molar-refractivity contribution is 8.13. The lowest BCUT2D eigenvalue weighted by Crippen LogP contribution is -2.30. The molecule has 2 rings (SSSR count). The second-order valence-electron chi connectivity index (χ2n) is 4.90. The molecule has 1 saturated carbocycles. The van der Waals surface area contributed by atoms with E-state index in [4.69, 9.17) is 15.4 Å². The Morgan fingerprint density at radius 3 is 2.22 bits per heavy atom. The van der Waals surface area contributed by atoms with Crippen molar-refractivity contribution in [1.29, 1.82) is 0 Å². The van der Waals surface area contributed by atoms with Gasteiger partial charge in [0.05, 0.1) is 12.9 Å². The topological polar surface area (TPSA) is 43.4 Å². The van der Waals surface area contributed by atoms with Crippen molar-refractivity contribution in [3.8, 4) is 5.75 Å². The second kappa shape index (κ2) is 5.10. The van der Waals surface area contributed by atoms with E-state index in [0.717, 1.165) is 37.0 Å². The molecule has 0 unspecified atom stereocenters. The maximum Gasteiger partial charge on any atom is 0.233 e. The van der Waals surface area contributed by atoms with Crippen LogP contribution in [0.4, 0.5) is 0 Å². The van der Waals surface area contributed by atoms with Gasteiger partial charge in [0, 0.05) is 16.1 Å². The quantitative estimate of drug-likeness (QED) is 0.800. The van der Waals surface area contributed by atoms with Crippen molar-refractivity contribution < 1.29 is 13.2 Å². The molecule has 1 aliphatic carbocycles. The summed E-state index contributed by atoms with van der Waals surface area (Å²) in [5.74, 6) is 0.800. The Bertz CT molecular complexity index is 502. The summed E-state index contributed by atoms with van der Waals surface area (Å²) in [6.07, 6.45) is 3.87. The lowest BCUT2D eigenvalue weighted by molar-refractivity contribution is 0.413. The molecule has 3 nitrogen and oxygen atoms in total. The molecule has 0 radical (unpaired) electrons. The molecule has 1 aromatic carbocycles. The van der Waals surface area contributed by atoms with Gasteiger partial charge in [-0.05, 0) is 30.5 Å². The highest BCUT2D eigenvalue weighted by atomic mass is 35.7. The van der Waals surface area contributed by atoms with Gasteiger partial charge in [-0.2, -0.15) is 0 Å². The van der Waals surface area contributed by atoms with Crippen molar-refractivity contribution >= 4 is 19.7 Å². The highest BCUT2D eigenvalue weighted by Crippen LogP contribution is 2.43. The molecule has 0 heterocycles. The Morgan fingerprint density at radius 1 is 1.22 bits per heavy atom. The summed E-state index contributed by atoms with van der Waals surface area (Å²) in [6, 6.07) is 7.64. The van der Waals surface area contributed by atoms with Crippen molar-refractivity contribution in [3.63, 3.8) is 0 Å². The van der Waals surface area contributed by atoms with Crippen LogP contribution in [0.3, 0.4) is 0 Å². The smallest absolute Gasteiger partial charge is 0.233 e. The summed E-state index contributed by atoms with van der Waals surface area (Å²) in [6.45, 7) is 0. The van der Waals surface area contributed by atoms with Gasteiger partial charge in [0.25, 0.3) is 0 Å². The molecule has 0 saturated heterocycles. The van der Waals surface area contributed by atoms with Crippen molar-refractivity contribution in [2.75, 3.05) is 12.9 Å². The number of ether oxygens (including phenoxy) is 1. The van der Waals surface area contributed by atoms with Gasteiger partial charge in [-0.3, -0.25) is 0 Å². The maximum absolute atomic E-state index is 11.4. The van der Waals surface area contributed by atoms with Gasteiger partial charge >= 0.3 is 0 Å². The van der Waals surface area contributed by atoms with Crippen LogP contribution in [0.25, 0.3) is 0 Å². The van der Waals surface area contributed by atoms with Crippen molar-refractivity contribution in [2.24, 2.45) is 0 Å². The van der Waals surface area contributed by atoms with Gasteiger partial charge in [0.15, 0.2) is 0 Å². The molecule has 1 fully saturated rings. The van der Waals surface area contributed by atoms with E-state index in [1.165, 1.54) is 0 Å². The van der Waals surface area contributed by atoms with Gasteiger partial charge < -0.3 is 4.74 Å². The molecule has 18 heavy (non-hydrogen) atoms. The minimum absolute atomic E-state index is 0.0217. The zero-order chi connectivity index (χ0) is 13.2. The largest absolute Gasteiger partial charge is 0.497 e. The van der Waals surface area contributed by atoms with Crippen LogP contribution < -0.4 is 4.74 Å². The summed E-state index contributed by atoms with van der Waals surface area (Å²) in [5.41, 5.74) is 0.734. The van der Waals surface area contributed by atoms with Crippen molar-refractivity contribution in [2.45, 2.75) is 31.1 Å². The van der Waals surface area contributed by atoms with Crippen LogP contribution in [0.1, 0.15) is 31.2 Å². The monoisotopic (exact) mass is 288 g/mol. The minimum atomic E-state index is -3.49. The first-order valence-electron chi connectivity index (χ1n) is 6.02. The Morgan fingerprint density at radius 2 is 1.78 bits per heavy atom. The zero-order valence-electron chi connectivity index (χ0n) is 10.4. The average molecular weight is 289 g/mol. The molecule has 0 bridgehead atoms. The molecule has 1 aromatic rings. The van der Waals surface area contributed by atoms with E-state index < -0.39 is 9.05 Å². The van der Waals surface area contributed by atoms with Crippen molar-refractivity contribution in [1.82, 2.24) is 0 Å². The number of rotatable bonds is 4. The van der Waals surface area contributed by atoms with E-state index in [1.54, 1.807) is 7.11 Å². The van der Waals surface area contributed by atoms with Crippen LogP contribution in [0.5, 0.6) is 5.75 Å². The third-order valence-corrected chi connectivity index (χ3v) is 4.94. The summed E-state index contributed by atoms with van der Waals surface area (Å²) in [5, 5.41) is 0. The average Bonchev–Trinajstić information content (AvgIpc) is 2.76. The van der Waals surface area contributed by atoms with Gasteiger partial charge in [-0.25, -0.2) is 8.42 Å². The first-order chi connectivity index (χ1) is 8.45. The van der Waals surface area contributed by atoms with Crippen molar-refractivity contribution in [3.05, 3.63) is 29.8 Å². The zero-order valence-corrected chi connectivity index (χ0v) is 11.9. The van der Waals surface area contributed by atoms with E-state index in [1.807, 2.05) is 24.3 Å². The fraction of sp³-hybridized carbons (Fsp3) is 0.538. The number of hydrogen-bond donors (Lipinski definition) is 0. The molecule has 100 valence electrons. The van der Waals surface area contributed by atoms with E-state index in [2.05, 4.69) is 0 Å². The SMILES string of the molecule is COc1ccc(C2(CS(=O)(=O)Cl)CCCC2)cc1. The van der Waals surface area contributed by atoms with E-state index in [0.29, 0.717) is 0 Å². The first kappa shape index (κ1) is 13.7. The second-order valence-corrected chi connectivity index (χ2v) is 7.68. The Balaban J connectivity index is 2.34. The fourth-order valence-electron chi connectivity index (χ4n) is 2.84. The van der Waals surface area contributed by atoms with E-state index >= 15 is 0 Å². The number of hydrogen-bond acceptors (Lipinski definition) is 3. The first-order valence-corrected chi connectivity index (χ1v) is 8.50. The molecule has 0 aromatic heterocycles. The van der Waals surface area contributed by atoms with Crippen LogP contribution in [-0.4, -0.2) is 21.3 Å². The lowest BCUT2D eigenvalue weighted by Gasteiger charge is -2.28. The standard InChI is InChI=1S/C13H17ClO3S/c1-17-12-6-4-11(5-7-12)13(8-2-3-9-13)10-18(14,15)16/h4-7H,2-3,8-10H2,1H3. The molecule has 1 aliphatic rings. The minimum Gasteiger partial charge on any atom is -0.497 e. The molecule has 0 atom stereocenters. The predicted octanol–water partition coefficient (Wildman–Crippen LogP) is 3.08. The van der Waals surface area contributed by atoms with Crippen LogP contribution in [0, 0.1) is 0 Å². The normalized spacial score (nSPS) is 18.8. The molecular formula is C13H17ClO3S. The Kier molecular flexibility index (Phi) is 3.87. The molecule has 5 heteroatoms. The molecule has 0 spiro atoms. The van der Waals surface area contributed by atoms with Gasteiger partial charge in [0.1, 0.15) is 5.75 Å². The summed E-state index contributed by atoms with van der Waals surface area (Å²) in [7, 11) is 3.58. The molecular weight excluding hydrogens is 272 g/mol.